The van der Waals surface area contributed by atoms with Crippen LogP contribution in [0.2, 0.25) is 5.28 Å². The highest BCUT2D eigenvalue weighted by Gasteiger charge is 2.18. The van der Waals surface area contributed by atoms with E-state index < -0.39 is 21.3 Å². The number of H-pyrrole nitrogens is 1. The second-order valence-electron chi connectivity index (χ2n) is 6.54. The first-order chi connectivity index (χ1) is 13.8. The normalized spacial score (nSPS) is 11.9. The predicted molar refractivity (Wildman–Crippen MR) is 111 cm³/mol. The molecule has 0 saturated heterocycles. The summed E-state index contributed by atoms with van der Waals surface area (Å²) in [4.78, 5) is 32.5. The number of aryl methyl sites for hydroxylation is 1. The summed E-state index contributed by atoms with van der Waals surface area (Å²) in [5, 5.41) is 0.0169. The van der Waals surface area contributed by atoms with Gasteiger partial charge in [-0.05, 0) is 30.2 Å². The van der Waals surface area contributed by atoms with Gasteiger partial charge in [-0.2, -0.15) is 4.98 Å². The molecule has 0 amide bonds. The van der Waals surface area contributed by atoms with Crippen molar-refractivity contribution in [1.29, 1.82) is 0 Å². The average molecular weight is 440 g/mol. The molecule has 156 valence electrons. The quantitative estimate of drug-likeness (QED) is 0.388. The Morgan fingerprint density at radius 1 is 1.10 bits per heavy atom. The van der Waals surface area contributed by atoms with Crippen LogP contribution < -0.4 is 16.0 Å². The maximum atomic E-state index is 12.9. The Labute approximate surface area is 172 Å². The van der Waals surface area contributed by atoms with Crippen molar-refractivity contribution in [2.75, 3.05) is 6.54 Å². The van der Waals surface area contributed by atoms with Crippen LogP contribution in [-0.2, 0) is 23.1 Å². The molecule has 2 N–H and O–H groups in total. The molecule has 11 heteroatoms. The zero-order valence-electron chi connectivity index (χ0n) is 15.9. The number of sulfonamides is 1. The third kappa shape index (κ3) is 4.60. The van der Waals surface area contributed by atoms with Gasteiger partial charge in [0.1, 0.15) is 0 Å². The van der Waals surface area contributed by atoms with Crippen LogP contribution in [0.15, 0.2) is 44.8 Å². The number of hydrogen-bond acceptors (Lipinski definition) is 5. The second-order valence-corrected chi connectivity index (χ2v) is 8.66. The lowest BCUT2D eigenvalue weighted by Gasteiger charge is -2.12. The zero-order chi connectivity index (χ0) is 21.0. The van der Waals surface area contributed by atoms with Gasteiger partial charge < -0.3 is 4.98 Å². The topological polar surface area (TPSA) is 119 Å². The maximum Gasteiger partial charge on any atom is 0.332 e. The van der Waals surface area contributed by atoms with Crippen LogP contribution in [-0.4, -0.2) is 34.1 Å². The molecule has 1 aromatic carbocycles. The largest absolute Gasteiger partial charge is 0.332 e. The average Bonchev–Trinajstić information content (AvgIpc) is 3.09. The van der Waals surface area contributed by atoms with E-state index in [1.807, 2.05) is 6.92 Å². The van der Waals surface area contributed by atoms with Crippen molar-refractivity contribution in [2.45, 2.75) is 44.2 Å². The lowest BCUT2D eigenvalue weighted by atomic mass is 10.2. The van der Waals surface area contributed by atoms with Crippen LogP contribution in [0.1, 0.15) is 26.2 Å². The third-order valence-electron chi connectivity index (χ3n) is 4.50. The summed E-state index contributed by atoms with van der Waals surface area (Å²) in [5.74, 6) is 0. The lowest BCUT2D eigenvalue weighted by Crippen LogP contribution is -2.42. The van der Waals surface area contributed by atoms with E-state index in [1.165, 1.54) is 16.7 Å². The SMILES string of the molecule is CCCCCn1c(=O)n(CCNS(=O)(=O)c2ccccc2)c(=O)c2[nH]c(Cl)nc21. The zero-order valence-corrected chi connectivity index (χ0v) is 17.5. The van der Waals surface area contributed by atoms with Gasteiger partial charge >= 0.3 is 5.69 Å². The van der Waals surface area contributed by atoms with Crippen molar-refractivity contribution in [3.05, 3.63) is 56.5 Å². The number of hydrogen-bond donors (Lipinski definition) is 2. The van der Waals surface area contributed by atoms with E-state index in [9.17, 15) is 18.0 Å². The van der Waals surface area contributed by atoms with E-state index in [1.54, 1.807) is 18.2 Å². The Kier molecular flexibility index (Phi) is 6.56. The van der Waals surface area contributed by atoms with Crippen molar-refractivity contribution >= 4 is 32.8 Å². The molecular weight excluding hydrogens is 418 g/mol. The molecule has 0 aliphatic rings. The molecule has 29 heavy (non-hydrogen) atoms. The summed E-state index contributed by atoms with van der Waals surface area (Å²) < 4.78 is 29.5. The molecule has 0 bridgehead atoms. The van der Waals surface area contributed by atoms with Gasteiger partial charge in [0, 0.05) is 19.6 Å². The van der Waals surface area contributed by atoms with Gasteiger partial charge in [-0.3, -0.25) is 13.9 Å². The van der Waals surface area contributed by atoms with E-state index in [0.717, 1.165) is 23.8 Å². The molecule has 2 heterocycles. The van der Waals surface area contributed by atoms with Gasteiger partial charge in [0.15, 0.2) is 11.2 Å². The second kappa shape index (κ2) is 8.93. The molecule has 0 aliphatic carbocycles. The van der Waals surface area contributed by atoms with E-state index in [4.69, 9.17) is 11.6 Å². The van der Waals surface area contributed by atoms with E-state index in [2.05, 4.69) is 14.7 Å². The number of aromatic nitrogens is 4. The van der Waals surface area contributed by atoms with Crippen molar-refractivity contribution in [3.8, 4) is 0 Å². The van der Waals surface area contributed by atoms with E-state index >= 15 is 0 Å². The molecule has 0 atom stereocenters. The monoisotopic (exact) mass is 439 g/mol. The molecule has 0 unspecified atom stereocenters. The molecule has 3 rings (SSSR count). The minimum atomic E-state index is -3.74. The van der Waals surface area contributed by atoms with Crippen LogP contribution >= 0.6 is 11.6 Å². The first-order valence-electron chi connectivity index (χ1n) is 9.28. The number of rotatable bonds is 9. The first-order valence-corrected chi connectivity index (χ1v) is 11.1. The van der Waals surface area contributed by atoms with Crippen LogP contribution in [0.5, 0.6) is 0 Å². The van der Waals surface area contributed by atoms with Crippen molar-refractivity contribution in [3.63, 3.8) is 0 Å². The summed E-state index contributed by atoms with van der Waals surface area (Å²) >= 11 is 5.90. The number of benzene rings is 1. The van der Waals surface area contributed by atoms with E-state index in [0.29, 0.717) is 6.54 Å². The minimum Gasteiger partial charge on any atom is -0.323 e. The summed E-state index contributed by atoms with van der Waals surface area (Å²) in [5.41, 5.74) is -0.796. The van der Waals surface area contributed by atoms with Gasteiger partial charge in [0.2, 0.25) is 15.3 Å². The molecule has 0 fully saturated rings. The minimum absolute atomic E-state index is 0.0169. The predicted octanol–water partition coefficient (Wildman–Crippen LogP) is 1.71. The fourth-order valence-corrected chi connectivity index (χ4v) is 4.25. The number of nitrogens with zero attached hydrogens (tertiary/aromatic N) is 3. The summed E-state index contributed by atoms with van der Waals surface area (Å²) in [6, 6.07) is 7.87. The smallest absolute Gasteiger partial charge is 0.323 e. The highest BCUT2D eigenvalue weighted by atomic mass is 35.5. The Bertz CT molecular complexity index is 1210. The molecule has 0 spiro atoms. The van der Waals surface area contributed by atoms with Crippen LogP contribution in [0, 0.1) is 0 Å². The highest BCUT2D eigenvalue weighted by molar-refractivity contribution is 7.89. The number of unbranched alkanes of at least 4 members (excludes halogenated alkanes) is 2. The highest BCUT2D eigenvalue weighted by Crippen LogP contribution is 2.11. The maximum absolute atomic E-state index is 12.9. The summed E-state index contributed by atoms with van der Waals surface area (Å²) in [7, 11) is -3.74. The fraction of sp³-hybridized carbons (Fsp3) is 0.389. The van der Waals surface area contributed by atoms with Crippen molar-refractivity contribution in [1.82, 2.24) is 23.8 Å². The molecular formula is C18H22ClN5O4S. The van der Waals surface area contributed by atoms with Gasteiger partial charge in [-0.15, -0.1) is 0 Å². The molecule has 9 nitrogen and oxygen atoms in total. The van der Waals surface area contributed by atoms with Crippen molar-refractivity contribution < 1.29 is 8.42 Å². The first kappa shape index (κ1) is 21.3. The molecule has 2 aromatic heterocycles. The lowest BCUT2D eigenvalue weighted by molar-refractivity contribution is 0.530. The number of halogens is 1. The van der Waals surface area contributed by atoms with Gasteiger partial charge in [0.25, 0.3) is 5.56 Å². The van der Waals surface area contributed by atoms with Gasteiger partial charge in [-0.25, -0.2) is 17.9 Å². The Balaban J connectivity index is 1.89. The fourth-order valence-electron chi connectivity index (χ4n) is 3.03. The number of nitrogens with one attached hydrogen (secondary N) is 2. The van der Waals surface area contributed by atoms with Crippen LogP contribution in [0.3, 0.4) is 0 Å². The standard InChI is InChI=1S/C18H22ClN5O4S/c1-2-3-7-11-23-15-14(21-17(19)22-15)16(25)24(18(23)26)12-10-20-29(27,28)13-8-5-4-6-9-13/h4-6,8-9,20H,2-3,7,10-12H2,1H3,(H,21,22). The third-order valence-corrected chi connectivity index (χ3v) is 6.15. The van der Waals surface area contributed by atoms with Gasteiger partial charge in [-0.1, -0.05) is 38.0 Å². The molecule has 0 aliphatic heterocycles. The number of aromatic amines is 1. The molecule has 0 saturated carbocycles. The van der Waals surface area contributed by atoms with Gasteiger partial charge in [0.05, 0.1) is 4.90 Å². The van der Waals surface area contributed by atoms with Crippen LogP contribution in [0.25, 0.3) is 11.2 Å². The molecule has 3 aromatic rings. The number of imidazole rings is 1. The van der Waals surface area contributed by atoms with Crippen LogP contribution in [0.4, 0.5) is 0 Å². The molecule has 0 radical (unpaired) electrons. The Morgan fingerprint density at radius 2 is 1.83 bits per heavy atom. The Morgan fingerprint density at radius 3 is 2.52 bits per heavy atom. The van der Waals surface area contributed by atoms with Crippen molar-refractivity contribution in [2.24, 2.45) is 0 Å². The Hall–Kier alpha value is -2.43. The summed E-state index contributed by atoms with van der Waals surface area (Å²) in [6.07, 6.45) is 2.64. The number of fused-ring (bicyclic) bond motifs is 1. The van der Waals surface area contributed by atoms with E-state index in [-0.39, 0.29) is 34.4 Å². The summed E-state index contributed by atoms with van der Waals surface area (Å²) in [6.45, 7) is 2.20.